The summed E-state index contributed by atoms with van der Waals surface area (Å²) in [6, 6.07) is 17.8. The van der Waals surface area contributed by atoms with E-state index in [1.807, 2.05) is 24.3 Å². The first-order valence-electron chi connectivity index (χ1n) is 8.54. The molecule has 0 unspecified atom stereocenters. The van der Waals surface area contributed by atoms with Crippen molar-refractivity contribution in [3.63, 3.8) is 0 Å². The van der Waals surface area contributed by atoms with Gasteiger partial charge in [0.1, 0.15) is 5.69 Å². The number of benzene rings is 2. The molecule has 1 aliphatic heterocycles. The number of hydrogen-bond acceptors (Lipinski definition) is 3. The van der Waals surface area contributed by atoms with Gasteiger partial charge < -0.3 is 10.2 Å². The maximum atomic E-state index is 12.9. The minimum Gasteiger partial charge on any atom is -0.322 e. The molecule has 5 nitrogen and oxygen atoms in total. The highest BCUT2D eigenvalue weighted by atomic mass is 35.5. The Kier molecular flexibility index (Phi) is 4.60. The van der Waals surface area contributed by atoms with Gasteiger partial charge in [-0.15, -0.1) is 0 Å². The van der Waals surface area contributed by atoms with Crippen molar-refractivity contribution in [2.45, 2.75) is 6.42 Å². The molecule has 0 atom stereocenters. The second-order valence-electron chi connectivity index (χ2n) is 6.23. The van der Waals surface area contributed by atoms with Gasteiger partial charge in [-0.1, -0.05) is 29.8 Å². The molecule has 134 valence electrons. The van der Waals surface area contributed by atoms with Crippen LogP contribution in [0.2, 0.25) is 5.02 Å². The number of amides is 2. The van der Waals surface area contributed by atoms with E-state index in [-0.39, 0.29) is 17.5 Å². The number of para-hydroxylation sites is 1. The Labute approximate surface area is 161 Å². The van der Waals surface area contributed by atoms with Gasteiger partial charge in [0.2, 0.25) is 0 Å². The predicted molar refractivity (Wildman–Crippen MR) is 105 cm³/mol. The molecule has 0 saturated carbocycles. The fourth-order valence-corrected chi connectivity index (χ4v) is 3.24. The standard InChI is InChI=1S/C21H16ClN3O2/c22-16-5-7-17(8-6-16)24-20(26)15-9-11-23-18(13-15)21(27)25-12-10-14-3-1-2-4-19(14)25/h1-9,11,13H,10,12H2,(H,24,26). The number of nitrogens with zero attached hydrogens (tertiary/aromatic N) is 2. The quantitative estimate of drug-likeness (QED) is 0.744. The summed E-state index contributed by atoms with van der Waals surface area (Å²) in [6.45, 7) is 0.612. The molecule has 1 aromatic heterocycles. The summed E-state index contributed by atoms with van der Waals surface area (Å²) in [5, 5.41) is 3.38. The predicted octanol–water partition coefficient (Wildman–Crippen LogP) is 4.19. The van der Waals surface area contributed by atoms with Gasteiger partial charge in [0.15, 0.2) is 0 Å². The zero-order valence-corrected chi connectivity index (χ0v) is 15.1. The van der Waals surface area contributed by atoms with Crippen LogP contribution in [0, 0.1) is 0 Å². The average molecular weight is 378 g/mol. The third-order valence-electron chi connectivity index (χ3n) is 4.48. The van der Waals surface area contributed by atoms with E-state index >= 15 is 0 Å². The smallest absolute Gasteiger partial charge is 0.276 e. The van der Waals surface area contributed by atoms with Crippen LogP contribution in [-0.2, 0) is 6.42 Å². The third-order valence-corrected chi connectivity index (χ3v) is 4.73. The highest BCUT2D eigenvalue weighted by molar-refractivity contribution is 6.30. The molecule has 1 N–H and O–H groups in total. The molecule has 0 radical (unpaired) electrons. The lowest BCUT2D eigenvalue weighted by Gasteiger charge is -2.17. The molecule has 0 spiro atoms. The molecule has 2 heterocycles. The Balaban J connectivity index is 1.55. The molecule has 0 aliphatic carbocycles. The fourth-order valence-electron chi connectivity index (χ4n) is 3.11. The van der Waals surface area contributed by atoms with E-state index in [1.165, 1.54) is 12.3 Å². The van der Waals surface area contributed by atoms with Crippen LogP contribution in [-0.4, -0.2) is 23.3 Å². The van der Waals surface area contributed by atoms with Crippen LogP contribution in [0.25, 0.3) is 0 Å². The molecule has 4 rings (SSSR count). The number of halogens is 1. The molecule has 2 aromatic carbocycles. The van der Waals surface area contributed by atoms with Crippen molar-refractivity contribution in [3.8, 4) is 0 Å². The number of carbonyl (C=O) groups is 2. The zero-order valence-electron chi connectivity index (χ0n) is 14.4. The van der Waals surface area contributed by atoms with Crippen molar-refractivity contribution in [1.29, 1.82) is 0 Å². The van der Waals surface area contributed by atoms with Crippen LogP contribution in [0.3, 0.4) is 0 Å². The first-order chi connectivity index (χ1) is 13.1. The van der Waals surface area contributed by atoms with Gasteiger partial charge in [-0.2, -0.15) is 0 Å². The molecule has 6 heteroatoms. The van der Waals surface area contributed by atoms with E-state index in [4.69, 9.17) is 11.6 Å². The van der Waals surface area contributed by atoms with Crippen molar-refractivity contribution in [3.05, 3.63) is 88.7 Å². The highest BCUT2D eigenvalue weighted by Gasteiger charge is 2.26. The topological polar surface area (TPSA) is 62.3 Å². The van der Waals surface area contributed by atoms with Crippen molar-refractivity contribution in [2.75, 3.05) is 16.8 Å². The lowest BCUT2D eigenvalue weighted by Crippen LogP contribution is -2.30. The largest absolute Gasteiger partial charge is 0.322 e. The molecule has 1 aliphatic rings. The molecule has 3 aromatic rings. The summed E-state index contributed by atoms with van der Waals surface area (Å²) in [5.74, 6) is -0.517. The van der Waals surface area contributed by atoms with E-state index in [1.54, 1.807) is 35.2 Å². The van der Waals surface area contributed by atoms with Gasteiger partial charge >= 0.3 is 0 Å². The SMILES string of the molecule is O=C(Nc1ccc(Cl)cc1)c1ccnc(C(=O)N2CCc3ccccc32)c1. The maximum Gasteiger partial charge on any atom is 0.276 e. The first kappa shape index (κ1) is 17.2. The van der Waals surface area contributed by atoms with Crippen LogP contribution in [0.1, 0.15) is 26.4 Å². The normalized spacial score (nSPS) is 12.6. The van der Waals surface area contributed by atoms with Crippen LogP contribution < -0.4 is 10.2 Å². The van der Waals surface area contributed by atoms with Crippen LogP contribution in [0.5, 0.6) is 0 Å². The summed E-state index contributed by atoms with van der Waals surface area (Å²) in [7, 11) is 0. The highest BCUT2D eigenvalue weighted by Crippen LogP contribution is 2.28. The summed E-state index contributed by atoms with van der Waals surface area (Å²) in [6.07, 6.45) is 2.30. The second-order valence-corrected chi connectivity index (χ2v) is 6.66. The van der Waals surface area contributed by atoms with Crippen LogP contribution >= 0.6 is 11.6 Å². The molecule has 0 bridgehead atoms. The second kappa shape index (κ2) is 7.21. The van der Waals surface area contributed by atoms with Gasteiger partial charge in [0.25, 0.3) is 11.8 Å². The van der Waals surface area contributed by atoms with Crippen LogP contribution in [0.4, 0.5) is 11.4 Å². The Morgan fingerprint density at radius 3 is 2.63 bits per heavy atom. The van der Waals surface area contributed by atoms with Crippen LogP contribution in [0.15, 0.2) is 66.9 Å². The molecule has 0 fully saturated rings. The van der Waals surface area contributed by atoms with Crippen molar-refractivity contribution in [1.82, 2.24) is 4.98 Å². The number of fused-ring (bicyclic) bond motifs is 1. The molecular weight excluding hydrogens is 362 g/mol. The number of pyridine rings is 1. The van der Waals surface area contributed by atoms with E-state index < -0.39 is 0 Å². The Bertz CT molecular complexity index is 1020. The van der Waals surface area contributed by atoms with Gasteiger partial charge in [0, 0.05) is 34.7 Å². The monoisotopic (exact) mass is 377 g/mol. The first-order valence-corrected chi connectivity index (χ1v) is 8.92. The van der Waals surface area contributed by atoms with Crippen molar-refractivity contribution < 1.29 is 9.59 Å². The number of nitrogens with one attached hydrogen (secondary N) is 1. The molecule has 2 amide bonds. The minimum absolute atomic E-state index is 0.207. The van der Waals surface area contributed by atoms with Gasteiger partial charge in [0.05, 0.1) is 0 Å². The van der Waals surface area contributed by atoms with E-state index in [2.05, 4.69) is 10.3 Å². The number of rotatable bonds is 3. The summed E-state index contributed by atoms with van der Waals surface area (Å²) < 4.78 is 0. The Morgan fingerprint density at radius 2 is 1.81 bits per heavy atom. The zero-order chi connectivity index (χ0) is 18.8. The van der Waals surface area contributed by atoms with Gasteiger partial charge in [-0.25, -0.2) is 0 Å². The van der Waals surface area contributed by atoms with Gasteiger partial charge in [-0.05, 0) is 54.4 Å². The van der Waals surface area contributed by atoms with Crippen molar-refractivity contribution >= 4 is 34.8 Å². The maximum absolute atomic E-state index is 12.9. The number of anilines is 2. The number of hydrogen-bond donors (Lipinski definition) is 1. The average Bonchev–Trinajstić information content (AvgIpc) is 3.13. The number of aromatic nitrogens is 1. The van der Waals surface area contributed by atoms with Crippen molar-refractivity contribution in [2.24, 2.45) is 0 Å². The third kappa shape index (κ3) is 3.55. The molecule has 0 saturated heterocycles. The van der Waals surface area contributed by atoms with E-state index in [0.717, 1.165) is 17.7 Å². The van der Waals surface area contributed by atoms with E-state index in [0.29, 0.717) is 22.8 Å². The Morgan fingerprint density at radius 1 is 1.04 bits per heavy atom. The number of carbonyl (C=O) groups excluding carboxylic acids is 2. The lowest BCUT2D eigenvalue weighted by atomic mass is 10.1. The molecule has 27 heavy (non-hydrogen) atoms. The Hall–Kier alpha value is -3.18. The van der Waals surface area contributed by atoms with Gasteiger partial charge in [-0.3, -0.25) is 14.6 Å². The summed E-state index contributed by atoms with van der Waals surface area (Å²) in [5.41, 5.74) is 3.29. The fraction of sp³-hybridized carbons (Fsp3) is 0.0952. The summed E-state index contributed by atoms with van der Waals surface area (Å²) >= 11 is 5.86. The molecular formula is C21H16ClN3O2. The van der Waals surface area contributed by atoms with E-state index in [9.17, 15) is 9.59 Å². The lowest BCUT2D eigenvalue weighted by molar-refractivity contribution is 0.0984. The minimum atomic E-state index is -0.310. The summed E-state index contributed by atoms with van der Waals surface area (Å²) in [4.78, 5) is 31.3.